The lowest BCUT2D eigenvalue weighted by molar-refractivity contribution is 0.653. The van der Waals surface area contributed by atoms with E-state index in [-0.39, 0.29) is 10.8 Å². The van der Waals surface area contributed by atoms with Crippen molar-refractivity contribution in [1.82, 2.24) is 15.0 Å². The van der Waals surface area contributed by atoms with Crippen molar-refractivity contribution in [3.8, 4) is 56.4 Å². The Morgan fingerprint density at radius 3 is 1.79 bits per heavy atom. The van der Waals surface area contributed by atoms with Gasteiger partial charge in [0.2, 0.25) is 0 Å². The number of nitrogens with zero attached hydrogens (tertiary/aromatic N) is 3. The average Bonchev–Trinajstić information content (AvgIpc) is 3.87. The number of hydrogen-bond donors (Lipinski definition) is 0. The average molecular weight is 782 g/mol. The Hall–Kier alpha value is -7.43. The molecule has 9 aromatic carbocycles. The maximum atomic E-state index is 6.87. The van der Waals surface area contributed by atoms with E-state index in [1.165, 1.54) is 65.9 Å². The second-order valence-electron chi connectivity index (χ2n) is 18.0. The topological polar surface area (TPSA) is 51.8 Å². The monoisotopic (exact) mass is 781 g/mol. The molecule has 2 aliphatic carbocycles. The number of benzene rings is 9. The molecule has 61 heavy (non-hydrogen) atoms. The first-order chi connectivity index (χ1) is 29.7. The maximum absolute atomic E-state index is 6.87. The first kappa shape index (κ1) is 34.4. The summed E-state index contributed by atoms with van der Waals surface area (Å²) >= 11 is 0. The molecule has 4 nitrogen and oxygen atoms in total. The molecule has 0 aliphatic heterocycles. The highest BCUT2D eigenvalue weighted by atomic mass is 16.3. The Bertz CT molecular complexity index is 3720. The third-order valence-corrected chi connectivity index (χ3v) is 13.9. The summed E-state index contributed by atoms with van der Waals surface area (Å²) < 4.78 is 6.87. The summed E-state index contributed by atoms with van der Waals surface area (Å²) in [5.41, 5.74) is 14.4. The van der Waals surface area contributed by atoms with Crippen LogP contribution in [0.25, 0.3) is 111 Å². The minimum Gasteiger partial charge on any atom is -0.455 e. The molecule has 0 radical (unpaired) electrons. The van der Waals surface area contributed by atoms with E-state index < -0.39 is 0 Å². The molecule has 0 saturated carbocycles. The van der Waals surface area contributed by atoms with Crippen LogP contribution in [0.1, 0.15) is 49.9 Å². The van der Waals surface area contributed by atoms with E-state index in [1.54, 1.807) is 0 Å². The van der Waals surface area contributed by atoms with Crippen molar-refractivity contribution in [2.75, 3.05) is 0 Å². The molecular formula is C57H39N3O. The van der Waals surface area contributed by atoms with Crippen LogP contribution in [0.5, 0.6) is 0 Å². The van der Waals surface area contributed by atoms with Gasteiger partial charge in [0.25, 0.3) is 0 Å². The minimum absolute atomic E-state index is 0.0708. The molecule has 11 aromatic rings. The van der Waals surface area contributed by atoms with E-state index >= 15 is 0 Å². The van der Waals surface area contributed by atoms with Gasteiger partial charge in [-0.3, -0.25) is 0 Å². The van der Waals surface area contributed by atoms with Crippen molar-refractivity contribution >= 4 is 54.3 Å². The molecule has 0 fully saturated rings. The minimum atomic E-state index is -0.264. The van der Waals surface area contributed by atoms with Crippen molar-refractivity contribution in [3.05, 3.63) is 186 Å². The highest BCUT2D eigenvalue weighted by molar-refractivity contribution is 6.18. The zero-order chi connectivity index (χ0) is 40.8. The van der Waals surface area contributed by atoms with Crippen LogP contribution in [0.2, 0.25) is 0 Å². The smallest absolute Gasteiger partial charge is 0.164 e. The second kappa shape index (κ2) is 12.1. The van der Waals surface area contributed by atoms with Gasteiger partial charge in [0, 0.05) is 43.9 Å². The number of para-hydroxylation sites is 1. The van der Waals surface area contributed by atoms with E-state index in [1.807, 2.05) is 6.07 Å². The molecule has 13 rings (SSSR count). The molecule has 0 bridgehead atoms. The van der Waals surface area contributed by atoms with Crippen LogP contribution in [0, 0.1) is 0 Å². The summed E-state index contributed by atoms with van der Waals surface area (Å²) in [5.74, 6) is 1.88. The van der Waals surface area contributed by atoms with Crippen molar-refractivity contribution in [2.24, 2.45) is 0 Å². The standard InChI is InChI=1S/C57H39N3O/c1-56(2)45-18-10-7-15-38(45)43-30-42-35(29-47(43)56)24-22-33-23-26-37(28-41(33)42)54-58-53(36-25-21-32-13-5-6-14-34(32)27-36)59-55(60-54)44-31-48-51(39-16-8-11-19-46(39)57(48,3)4)52-50(44)40-17-9-12-20-49(40)61-52/h5-31H,1-4H3. The van der Waals surface area contributed by atoms with Gasteiger partial charge in [-0.2, -0.15) is 0 Å². The van der Waals surface area contributed by atoms with Crippen LogP contribution >= 0.6 is 0 Å². The van der Waals surface area contributed by atoms with Gasteiger partial charge in [0.1, 0.15) is 11.2 Å². The number of fused-ring (bicyclic) bond motifs is 14. The predicted molar refractivity (Wildman–Crippen MR) is 251 cm³/mol. The fourth-order valence-electron chi connectivity index (χ4n) is 10.7. The van der Waals surface area contributed by atoms with E-state index in [2.05, 4.69) is 185 Å². The van der Waals surface area contributed by atoms with Crippen LogP contribution in [0.15, 0.2) is 168 Å². The molecular weight excluding hydrogens is 743 g/mol. The third-order valence-electron chi connectivity index (χ3n) is 13.9. The molecule has 0 atom stereocenters. The number of rotatable bonds is 3. The van der Waals surface area contributed by atoms with Gasteiger partial charge < -0.3 is 4.42 Å². The molecule has 0 N–H and O–H groups in total. The molecule has 288 valence electrons. The van der Waals surface area contributed by atoms with E-state index in [4.69, 9.17) is 19.4 Å². The van der Waals surface area contributed by atoms with E-state index in [0.717, 1.165) is 49.6 Å². The molecule has 0 saturated heterocycles. The Morgan fingerprint density at radius 1 is 0.377 bits per heavy atom. The van der Waals surface area contributed by atoms with Gasteiger partial charge in [-0.15, -0.1) is 0 Å². The quantitative estimate of drug-likeness (QED) is 0.168. The first-order valence-electron chi connectivity index (χ1n) is 21.2. The Labute approximate surface area is 353 Å². The lowest BCUT2D eigenvalue weighted by atomic mass is 9.81. The fourth-order valence-corrected chi connectivity index (χ4v) is 10.7. The Morgan fingerprint density at radius 2 is 0.967 bits per heavy atom. The van der Waals surface area contributed by atoms with Crippen LogP contribution < -0.4 is 0 Å². The molecule has 0 unspecified atom stereocenters. The molecule has 0 amide bonds. The van der Waals surface area contributed by atoms with Crippen LogP contribution in [0.4, 0.5) is 0 Å². The Balaban J connectivity index is 1.08. The van der Waals surface area contributed by atoms with Gasteiger partial charge in [-0.05, 0) is 108 Å². The largest absolute Gasteiger partial charge is 0.455 e. The molecule has 2 aromatic heterocycles. The Kier molecular flexibility index (Phi) is 6.82. The highest BCUT2D eigenvalue weighted by Crippen LogP contribution is 2.55. The highest BCUT2D eigenvalue weighted by Gasteiger charge is 2.39. The van der Waals surface area contributed by atoms with Crippen molar-refractivity contribution in [3.63, 3.8) is 0 Å². The van der Waals surface area contributed by atoms with Gasteiger partial charge in [-0.25, -0.2) is 15.0 Å². The lowest BCUT2D eigenvalue weighted by Crippen LogP contribution is -2.15. The van der Waals surface area contributed by atoms with Crippen molar-refractivity contribution < 1.29 is 4.42 Å². The van der Waals surface area contributed by atoms with E-state index in [0.29, 0.717) is 17.5 Å². The number of furan rings is 1. The third kappa shape index (κ3) is 4.79. The van der Waals surface area contributed by atoms with Crippen molar-refractivity contribution in [1.29, 1.82) is 0 Å². The van der Waals surface area contributed by atoms with E-state index in [9.17, 15) is 0 Å². The normalized spacial score (nSPS) is 14.5. The molecule has 4 heteroatoms. The summed E-state index contributed by atoms with van der Waals surface area (Å²) in [6.07, 6.45) is 0. The second-order valence-corrected chi connectivity index (χ2v) is 18.0. The number of aromatic nitrogens is 3. The predicted octanol–water partition coefficient (Wildman–Crippen LogP) is 14.8. The zero-order valence-corrected chi connectivity index (χ0v) is 34.3. The summed E-state index contributed by atoms with van der Waals surface area (Å²) in [7, 11) is 0. The van der Waals surface area contributed by atoms with Gasteiger partial charge in [0.05, 0.1) is 0 Å². The van der Waals surface area contributed by atoms with Crippen molar-refractivity contribution in [2.45, 2.75) is 38.5 Å². The molecule has 2 aliphatic rings. The molecule has 2 heterocycles. The van der Waals surface area contributed by atoms with Crippen LogP contribution in [-0.4, -0.2) is 15.0 Å². The van der Waals surface area contributed by atoms with Crippen LogP contribution in [0.3, 0.4) is 0 Å². The lowest BCUT2D eigenvalue weighted by Gasteiger charge is -2.22. The van der Waals surface area contributed by atoms with Crippen LogP contribution in [-0.2, 0) is 10.8 Å². The maximum Gasteiger partial charge on any atom is 0.164 e. The SMILES string of the molecule is CC1(C)c2ccccc2-c2cc3c(ccc4ccc(-c5nc(-c6ccc7ccccc7c6)nc(-c6cc7c(c8oc9ccccc9c68)-c6ccccc6C7(C)C)n5)cc43)cc21. The zero-order valence-electron chi connectivity index (χ0n) is 34.3. The van der Waals surface area contributed by atoms with Gasteiger partial charge >= 0.3 is 0 Å². The first-order valence-corrected chi connectivity index (χ1v) is 21.2. The summed E-state index contributed by atoms with van der Waals surface area (Å²) in [5, 5.41) is 9.18. The fraction of sp³-hybridized carbons (Fsp3) is 0.105. The molecule has 0 spiro atoms. The summed E-state index contributed by atoms with van der Waals surface area (Å²) in [4.78, 5) is 16.2. The summed E-state index contributed by atoms with van der Waals surface area (Å²) in [6, 6.07) is 59.2. The van der Waals surface area contributed by atoms with Gasteiger partial charge in [-0.1, -0.05) is 155 Å². The summed E-state index contributed by atoms with van der Waals surface area (Å²) in [6.45, 7) is 9.30. The number of hydrogen-bond acceptors (Lipinski definition) is 4. The van der Waals surface area contributed by atoms with Gasteiger partial charge in [0.15, 0.2) is 17.5 Å².